The molecule has 110 valence electrons. The lowest BCUT2D eigenvalue weighted by Crippen LogP contribution is -2.50. The summed E-state index contributed by atoms with van der Waals surface area (Å²) in [5.41, 5.74) is 1.38. The van der Waals surface area contributed by atoms with Crippen LogP contribution in [-0.4, -0.2) is 33.8 Å². The molecule has 21 heavy (non-hydrogen) atoms. The molecule has 1 aromatic carbocycles. The molecule has 0 saturated heterocycles. The highest BCUT2D eigenvalue weighted by Crippen LogP contribution is 2.31. The van der Waals surface area contributed by atoms with Gasteiger partial charge in [-0.25, -0.2) is 0 Å². The summed E-state index contributed by atoms with van der Waals surface area (Å²) in [5, 5.41) is 9.02. The highest BCUT2D eigenvalue weighted by Gasteiger charge is 2.38. The summed E-state index contributed by atoms with van der Waals surface area (Å²) in [5.74, 6) is -1.53. The maximum absolute atomic E-state index is 12.5. The van der Waals surface area contributed by atoms with Crippen molar-refractivity contribution in [2.24, 2.45) is 5.92 Å². The molecule has 1 N–H and O–H groups in total. The number of imide groups is 1. The molecule has 3 rings (SSSR count). The summed E-state index contributed by atoms with van der Waals surface area (Å²) in [7, 11) is 0. The van der Waals surface area contributed by atoms with Crippen LogP contribution in [0.5, 0.6) is 0 Å². The average molecular weight is 287 g/mol. The fourth-order valence-corrected chi connectivity index (χ4v) is 3.32. The summed E-state index contributed by atoms with van der Waals surface area (Å²) in [6, 6.07) is 7.03. The Balaban J connectivity index is 1.79. The summed E-state index contributed by atoms with van der Waals surface area (Å²) in [6.45, 7) is 0. The highest BCUT2D eigenvalue weighted by atomic mass is 16.4. The Kier molecular flexibility index (Phi) is 3.49. The fourth-order valence-electron chi connectivity index (χ4n) is 3.32. The second-order valence-electron chi connectivity index (χ2n) is 5.75. The predicted octanol–water partition coefficient (Wildman–Crippen LogP) is 1.85. The van der Waals surface area contributed by atoms with Gasteiger partial charge in [0.1, 0.15) is 0 Å². The van der Waals surface area contributed by atoms with E-state index >= 15 is 0 Å². The molecular formula is C16H17NO4. The lowest BCUT2D eigenvalue weighted by molar-refractivity contribution is -0.143. The zero-order chi connectivity index (χ0) is 15.0. The topological polar surface area (TPSA) is 74.7 Å². The van der Waals surface area contributed by atoms with Crippen LogP contribution < -0.4 is 0 Å². The van der Waals surface area contributed by atoms with Crippen molar-refractivity contribution in [3.63, 3.8) is 0 Å². The average Bonchev–Trinajstić information content (AvgIpc) is 2.48. The summed E-state index contributed by atoms with van der Waals surface area (Å²) in [6.07, 6.45) is 2.46. The molecule has 0 radical (unpaired) electrons. The molecule has 0 unspecified atom stereocenters. The monoisotopic (exact) mass is 287 g/mol. The molecule has 1 aliphatic carbocycles. The molecular weight excluding hydrogens is 270 g/mol. The number of carbonyl (C=O) groups excluding carboxylic acids is 2. The Morgan fingerprint density at radius 1 is 1.10 bits per heavy atom. The van der Waals surface area contributed by atoms with E-state index in [0.717, 1.165) is 5.56 Å². The van der Waals surface area contributed by atoms with Crippen LogP contribution in [0.1, 0.15) is 41.6 Å². The van der Waals surface area contributed by atoms with Gasteiger partial charge in [-0.15, -0.1) is 0 Å². The molecule has 2 amide bonds. The first kappa shape index (κ1) is 13.8. The predicted molar refractivity (Wildman–Crippen MR) is 74.7 cm³/mol. The number of benzene rings is 1. The van der Waals surface area contributed by atoms with E-state index in [0.29, 0.717) is 31.2 Å². The molecule has 1 saturated carbocycles. The Morgan fingerprint density at radius 3 is 2.43 bits per heavy atom. The first-order chi connectivity index (χ1) is 10.1. The van der Waals surface area contributed by atoms with Gasteiger partial charge in [-0.05, 0) is 37.3 Å². The van der Waals surface area contributed by atoms with Crippen molar-refractivity contribution in [1.82, 2.24) is 4.90 Å². The molecule has 1 aromatic rings. The van der Waals surface area contributed by atoms with Crippen LogP contribution in [0.4, 0.5) is 0 Å². The number of rotatable bonds is 2. The van der Waals surface area contributed by atoms with Gasteiger partial charge in [0.05, 0.1) is 12.3 Å². The van der Waals surface area contributed by atoms with E-state index in [4.69, 9.17) is 5.11 Å². The van der Waals surface area contributed by atoms with Gasteiger partial charge in [0.25, 0.3) is 5.91 Å². The maximum atomic E-state index is 12.5. The van der Waals surface area contributed by atoms with E-state index in [1.54, 1.807) is 12.1 Å². The van der Waals surface area contributed by atoms with Crippen LogP contribution in [-0.2, 0) is 16.0 Å². The van der Waals surface area contributed by atoms with Crippen molar-refractivity contribution in [1.29, 1.82) is 0 Å². The van der Waals surface area contributed by atoms with Crippen LogP contribution in [0.3, 0.4) is 0 Å². The molecule has 0 atom stereocenters. The first-order valence-corrected chi connectivity index (χ1v) is 7.25. The second-order valence-corrected chi connectivity index (χ2v) is 5.75. The summed E-state index contributed by atoms with van der Waals surface area (Å²) in [4.78, 5) is 37.1. The Hall–Kier alpha value is -2.17. The van der Waals surface area contributed by atoms with E-state index in [1.807, 2.05) is 12.1 Å². The lowest BCUT2D eigenvalue weighted by Gasteiger charge is -2.37. The van der Waals surface area contributed by atoms with Crippen molar-refractivity contribution in [3.05, 3.63) is 35.4 Å². The Labute approximate surface area is 122 Å². The van der Waals surface area contributed by atoms with Gasteiger partial charge in [0, 0.05) is 11.6 Å². The van der Waals surface area contributed by atoms with Crippen molar-refractivity contribution in [2.75, 3.05) is 0 Å². The van der Waals surface area contributed by atoms with Crippen molar-refractivity contribution in [3.8, 4) is 0 Å². The van der Waals surface area contributed by atoms with Crippen LogP contribution in [0, 0.1) is 5.92 Å². The molecule has 1 heterocycles. The van der Waals surface area contributed by atoms with E-state index < -0.39 is 5.97 Å². The minimum absolute atomic E-state index is 0.158. The number of fused-ring (bicyclic) bond motifs is 1. The lowest BCUT2D eigenvalue weighted by atomic mass is 9.84. The van der Waals surface area contributed by atoms with Crippen LogP contribution in [0.2, 0.25) is 0 Å². The summed E-state index contributed by atoms with van der Waals surface area (Å²) >= 11 is 0. The van der Waals surface area contributed by atoms with E-state index in [2.05, 4.69) is 0 Å². The SMILES string of the molecule is O=C(O)C1CCC(N2C(=O)Cc3ccccc3C2=O)CC1. The standard InChI is InChI=1S/C16H17NO4/c18-14-9-11-3-1-2-4-13(11)15(19)17(14)12-7-5-10(6-8-12)16(20)21/h1-4,10,12H,5-9H2,(H,20,21). The van der Waals surface area contributed by atoms with Gasteiger partial charge >= 0.3 is 5.97 Å². The van der Waals surface area contributed by atoms with Crippen LogP contribution in [0.25, 0.3) is 0 Å². The maximum Gasteiger partial charge on any atom is 0.306 e. The molecule has 1 aliphatic heterocycles. The van der Waals surface area contributed by atoms with Gasteiger partial charge in [-0.1, -0.05) is 18.2 Å². The van der Waals surface area contributed by atoms with E-state index in [9.17, 15) is 14.4 Å². The van der Waals surface area contributed by atoms with Crippen molar-refractivity contribution >= 4 is 17.8 Å². The zero-order valence-corrected chi connectivity index (χ0v) is 11.6. The summed E-state index contributed by atoms with van der Waals surface area (Å²) < 4.78 is 0. The number of amides is 2. The van der Waals surface area contributed by atoms with Gasteiger partial charge in [0.2, 0.25) is 5.91 Å². The number of hydrogen-bond donors (Lipinski definition) is 1. The third kappa shape index (κ3) is 2.44. The van der Waals surface area contributed by atoms with Gasteiger partial charge in [-0.2, -0.15) is 0 Å². The minimum atomic E-state index is -0.782. The highest BCUT2D eigenvalue weighted by molar-refractivity contribution is 6.10. The fraction of sp³-hybridized carbons (Fsp3) is 0.438. The molecule has 5 heteroatoms. The third-order valence-corrected chi connectivity index (χ3v) is 4.49. The third-order valence-electron chi connectivity index (χ3n) is 4.49. The second kappa shape index (κ2) is 5.31. The number of nitrogens with zero attached hydrogens (tertiary/aromatic N) is 1. The molecule has 2 aliphatic rings. The Morgan fingerprint density at radius 2 is 1.76 bits per heavy atom. The zero-order valence-electron chi connectivity index (χ0n) is 11.6. The molecule has 0 aromatic heterocycles. The smallest absolute Gasteiger partial charge is 0.306 e. The van der Waals surface area contributed by atoms with E-state index in [1.165, 1.54) is 4.90 Å². The first-order valence-electron chi connectivity index (χ1n) is 7.25. The largest absolute Gasteiger partial charge is 0.481 e. The number of carboxylic acids is 1. The molecule has 0 bridgehead atoms. The normalized spacial score (nSPS) is 25.6. The number of carboxylic acid groups (broad SMARTS) is 1. The quantitative estimate of drug-likeness (QED) is 0.842. The van der Waals surface area contributed by atoms with E-state index in [-0.39, 0.29) is 30.2 Å². The van der Waals surface area contributed by atoms with Crippen LogP contribution in [0.15, 0.2) is 24.3 Å². The van der Waals surface area contributed by atoms with Crippen molar-refractivity contribution < 1.29 is 19.5 Å². The van der Waals surface area contributed by atoms with Crippen molar-refractivity contribution in [2.45, 2.75) is 38.1 Å². The van der Waals surface area contributed by atoms with Gasteiger partial charge in [0.15, 0.2) is 0 Å². The molecule has 1 fully saturated rings. The number of hydrogen-bond acceptors (Lipinski definition) is 3. The number of aliphatic carboxylic acids is 1. The minimum Gasteiger partial charge on any atom is -0.481 e. The Bertz CT molecular complexity index is 602. The molecule has 5 nitrogen and oxygen atoms in total. The molecule has 0 spiro atoms. The van der Waals surface area contributed by atoms with Gasteiger partial charge < -0.3 is 5.11 Å². The number of carbonyl (C=O) groups is 3. The van der Waals surface area contributed by atoms with Gasteiger partial charge in [-0.3, -0.25) is 19.3 Å². The van der Waals surface area contributed by atoms with Crippen LogP contribution >= 0.6 is 0 Å².